The van der Waals surface area contributed by atoms with E-state index in [0.29, 0.717) is 39.3 Å². The minimum absolute atomic E-state index is 0.279. The Morgan fingerprint density at radius 3 is 2.63 bits per heavy atom. The van der Waals surface area contributed by atoms with Gasteiger partial charge in [-0.1, -0.05) is 44.4 Å². The number of fused-ring (bicyclic) bond motifs is 1. The topological polar surface area (TPSA) is 100 Å². The fourth-order valence-corrected chi connectivity index (χ4v) is 4.82. The van der Waals surface area contributed by atoms with Gasteiger partial charge in [0.05, 0.1) is 26.4 Å². The van der Waals surface area contributed by atoms with Crippen LogP contribution in [0.25, 0.3) is 0 Å². The molecule has 1 aromatic rings. The van der Waals surface area contributed by atoms with Crippen LogP contribution in [0.15, 0.2) is 24.3 Å². The first-order valence-corrected chi connectivity index (χ1v) is 12.9. The van der Waals surface area contributed by atoms with Gasteiger partial charge in [-0.25, -0.2) is 4.79 Å². The van der Waals surface area contributed by atoms with E-state index >= 15 is 0 Å². The maximum atomic E-state index is 14.0. The van der Waals surface area contributed by atoms with Crippen LogP contribution in [0, 0.1) is 5.92 Å². The van der Waals surface area contributed by atoms with Crippen LogP contribution in [0.5, 0.6) is 0 Å². The molecule has 2 aliphatic heterocycles. The summed E-state index contributed by atoms with van der Waals surface area (Å²) in [5.74, 6) is -1.68. The largest absolute Gasteiger partial charge is 0.453 e. The molecule has 1 unspecified atom stereocenters. The molecule has 1 saturated heterocycles. The van der Waals surface area contributed by atoms with Crippen LogP contribution < -0.4 is 15.5 Å². The van der Waals surface area contributed by atoms with E-state index in [2.05, 4.69) is 22.5 Å². The van der Waals surface area contributed by atoms with Crippen molar-refractivity contribution in [1.29, 1.82) is 0 Å². The molecule has 2 atom stereocenters. The molecule has 2 aliphatic rings. The Kier molecular flexibility index (Phi) is 10.8. The molecule has 1 aromatic carbocycles. The third-order valence-electron chi connectivity index (χ3n) is 6.77. The number of nitrogens with zero attached hydrogens (tertiary/aromatic N) is 2. The number of amides is 3. The maximum absolute atomic E-state index is 14.0. The Morgan fingerprint density at radius 2 is 1.89 bits per heavy atom. The predicted octanol–water partition coefficient (Wildman–Crippen LogP) is 2.34. The molecule has 3 amide bonds. The monoisotopic (exact) mass is 488 g/mol. The smallest absolute Gasteiger partial charge is 0.407 e. The van der Waals surface area contributed by atoms with Crippen LogP contribution in [-0.2, 0) is 25.5 Å². The summed E-state index contributed by atoms with van der Waals surface area (Å²) in [7, 11) is 1.29. The number of hydrogen-bond donors (Lipinski definition) is 2. The average molecular weight is 489 g/mol. The number of para-hydroxylation sites is 1. The van der Waals surface area contributed by atoms with Crippen LogP contribution in [0.3, 0.4) is 0 Å². The molecule has 9 nitrogen and oxygen atoms in total. The second-order valence-electron chi connectivity index (χ2n) is 9.18. The molecule has 194 valence electrons. The van der Waals surface area contributed by atoms with Crippen molar-refractivity contribution in [3.63, 3.8) is 0 Å². The highest BCUT2D eigenvalue weighted by Crippen LogP contribution is 2.29. The lowest BCUT2D eigenvalue weighted by Crippen LogP contribution is -2.55. The van der Waals surface area contributed by atoms with Gasteiger partial charge in [0, 0.05) is 38.4 Å². The fourth-order valence-electron chi connectivity index (χ4n) is 4.82. The standard InChI is InChI=1S/C26H40N4O5/c1-3-4-5-11-21(28-26(33)34-2)23(24(31)27-13-15-29-16-18-35-19-17-29)25(32)30-14-8-10-20-9-6-7-12-22(20)30/h6-7,9,12,21,23H,3-5,8,10-11,13-19H2,1-2H3,(H,27,31)(H,28,33)/t21-,23?/m0/s1. The van der Waals surface area contributed by atoms with Gasteiger partial charge in [-0.15, -0.1) is 0 Å². The van der Waals surface area contributed by atoms with Gasteiger partial charge in [-0.2, -0.15) is 0 Å². The summed E-state index contributed by atoms with van der Waals surface area (Å²) in [4.78, 5) is 43.6. The number of morpholine rings is 1. The molecule has 0 aromatic heterocycles. The van der Waals surface area contributed by atoms with E-state index in [9.17, 15) is 14.4 Å². The molecule has 0 saturated carbocycles. The summed E-state index contributed by atoms with van der Waals surface area (Å²) in [5, 5.41) is 5.77. The second kappa shape index (κ2) is 14.0. The molecule has 2 heterocycles. The van der Waals surface area contributed by atoms with Crippen LogP contribution in [0.1, 0.15) is 44.6 Å². The first-order valence-electron chi connectivity index (χ1n) is 12.9. The van der Waals surface area contributed by atoms with Gasteiger partial charge in [0.2, 0.25) is 11.8 Å². The Labute approximate surface area is 208 Å². The summed E-state index contributed by atoms with van der Waals surface area (Å²) >= 11 is 0. The zero-order valence-electron chi connectivity index (χ0n) is 21.1. The van der Waals surface area contributed by atoms with Crippen LogP contribution in [0.2, 0.25) is 0 Å². The molecule has 0 spiro atoms. The zero-order valence-corrected chi connectivity index (χ0v) is 21.1. The summed E-state index contributed by atoms with van der Waals surface area (Å²) in [6.45, 7) is 6.78. The second-order valence-corrected chi connectivity index (χ2v) is 9.18. The number of anilines is 1. The Hall–Kier alpha value is -2.65. The number of ether oxygens (including phenoxy) is 2. The number of carbonyl (C=O) groups is 3. The van der Waals surface area contributed by atoms with E-state index in [1.165, 1.54) is 7.11 Å². The first-order chi connectivity index (χ1) is 17.0. The van der Waals surface area contributed by atoms with E-state index < -0.39 is 18.1 Å². The van der Waals surface area contributed by atoms with Crippen molar-refractivity contribution in [2.24, 2.45) is 5.92 Å². The van der Waals surface area contributed by atoms with Crippen molar-refractivity contribution < 1.29 is 23.9 Å². The van der Waals surface area contributed by atoms with Gasteiger partial charge in [0.1, 0.15) is 5.92 Å². The SMILES string of the molecule is CCCCC[C@H](NC(=O)OC)C(C(=O)NCCN1CCOCC1)C(=O)N1CCCc2ccccc21. The minimum atomic E-state index is -1.04. The Morgan fingerprint density at radius 1 is 1.11 bits per heavy atom. The number of unbranched alkanes of at least 4 members (excludes halogenated alkanes) is 2. The van der Waals surface area contributed by atoms with Crippen molar-refractivity contribution in [3.8, 4) is 0 Å². The van der Waals surface area contributed by atoms with Crippen molar-refractivity contribution in [3.05, 3.63) is 29.8 Å². The molecular weight excluding hydrogens is 448 g/mol. The number of benzene rings is 1. The lowest BCUT2D eigenvalue weighted by atomic mass is 9.90. The van der Waals surface area contributed by atoms with Gasteiger partial charge in [-0.05, 0) is 30.9 Å². The van der Waals surface area contributed by atoms with Gasteiger partial charge in [0.15, 0.2) is 0 Å². The number of methoxy groups -OCH3 is 1. The number of rotatable bonds is 11. The van der Waals surface area contributed by atoms with Gasteiger partial charge in [-0.3, -0.25) is 14.5 Å². The van der Waals surface area contributed by atoms with Crippen molar-refractivity contribution in [2.45, 2.75) is 51.5 Å². The molecule has 0 aliphatic carbocycles. The molecule has 9 heteroatoms. The summed E-state index contributed by atoms with van der Waals surface area (Å²) in [5.41, 5.74) is 1.95. The van der Waals surface area contributed by atoms with E-state index in [4.69, 9.17) is 9.47 Å². The van der Waals surface area contributed by atoms with Crippen molar-refractivity contribution in [1.82, 2.24) is 15.5 Å². The predicted molar refractivity (Wildman–Crippen MR) is 134 cm³/mol. The highest BCUT2D eigenvalue weighted by atomic mass is 16.5. The molecule has 3 rings (SSSR count). The van der Waals surface area contributed by atoms with E-state index in [-0.39, 0.29) is 11.8 Å². The maximum Gasteiger partial charge on any atom is 0.407 e. The molecule has 2 N–H and O–H groups in total. The summed E-state index contributed by atoms with van der Waals surface area (Å²) in [6, 6.07) is 7.18. The quantitative estimate of drug-likeness (QED) is 0.366. The normalized spacial score (nSPS) is 17.7. The molecular formula is C26H40N4O5. The molecule has 0 bridgehead atoms. The number of aryl methyl sites for hydroxylation is 1. The number of nitrogens with one attached hydrogen (secondary N) is 2. The van der Waals surface area contributed by atoms with E-state index in [0.717, 1.165) is 56.4 Å². The highest BCUT2D eigenvalue weighted by molar-refractivity contribution is 6.09. The third-order valence-corrected chi connectivity index (χ3v) is 6.77. The average Bonchev–Trinajstić information content (AvgIpc) is 2.89. The Balaban J connectivity index is 1.80. The highest BCUT2D eigenvalue weighted by Gasteiger charge is 2.39. The lowest BCUT2D eigenvalue weighted by Gasteiger charge is -2.35. The molecule has 0 radical (unpaired) electrons. The zero-order chi connectivity index (χ0) is 25.0. The third kappa shape index (κ3) is 7.67. The Bertz CT molecular complexity index is 843. The molecule has 35 heavy (non-hydrogen) atoms. The summed E-state index contributed by atoms with van der Waals surface area (Å²) in [6.07, 6.45) is 4.36. The molecule has 1 fully saturated rings. The summed E-state index contributed by atoms with van der Waals surface area (Å²) < 4.78 is 10.2. The van der Waals surface area contributed by atoms with Crippen LogP contribution in [-0.4, -0.2) is 81.9 Å². The number of carbonyl (C=O) groups excluding carboxylic acids is 3. The van der Waals surface area contributed by atoms with E-state index in [1.807, 2.05) is 24.3 Å². The van der Waals surface area contributed by atoms with Crippen LogP contribution >= 0.6 is 0 Å². The van der Waals surface area contributed by atoms with Crippen LogP contribution in [0.4, 0.5) is 10.5 Å². The van der Waals surface area contributed by atoms with Gasteiger partial charge >= 0.3 is 6.09 Å². The minimum Gasteiger partial charge on any atom is -0.453 e. The lowest BCUT2D eigenvalue weighted by molar-refractivity contribution is -0.135. The van der Waals surface area contributed by atoms with Crippen molar-refractivity contribution >= 4 is 23.6 Å². The van der Waals surface area contributed by atoms with Crippen molar-refractivity contribution in [2.75, 3.05) is 57.9 Å². The number of hydrogen-bond acceptors (Lipinski definition) is 6. The van der Waals surface area contributed by atoms with Gasteiger partial charge in [0.25, 0.3) is 0 Å². The van der Waals surface area contributed by atoms with E-state index in [1.54, 1.807) is 4.90 Å². The number of alkyl carbamates (subject to hydrolysis) is 1. The fraction of sp³-hybridized carbons (Fsp3) is 0.654. The van der Waals surface area contributed by atoms with Gasteiger partial charge < -0.3 is 25.0 Å². The first kappa shape index (κ1) is 26.9.